The predicted molar refractivity (Wildman–Crippen MR) is 72.4 cm³/mol. The van der Waals surface area contributed by atoms with E-state index >= 15 is 0 Å². The van der Waals surface area contributed by atoms with Crippen molar-refractivity contribution in [2.75, 3.05) is 19.0 Å². The van der Waals surface area contributed by atoms with Crippen LogP contribution in [0.2, 0.25) is 0 Å². The van der Waals surface area contributed by atoms with E-state index in [2.05, 4.69) is 5.43 Å². The van der Waals surface area contributed by atoms with Gasteiger partial charge in [-0.05, 0) is 19.1 Å². The third-order valence-electron chi connectivity index (χ3n) is 2.55. The van der Waals surface area contributed by atoms with Crippen molar-refractivity contribution < 1.29 is 18.4 Å². The topological polar surface area (TPSA) is 139 Å². The molecule has 1 unspecified atom stereocenters. The fraction of sp³-hybridized carbons (Fsp3) is 0.400. The lowest BCUT2D eigenvalue weighted by molar-refractivity contribution is -0.386. The number of nitro benzene ring substituents is 1. The zero-order valence-electron chi connectivity index (χ0n) is 11.0. The maximum Gasteiger partial charge on any atom is 0.313 e. The number of nitrogens with zero attached hydrogens (tertiary/aromatic N) is 2. The summed E-state index contributed by atoms with van der Waals surface area (Å²) in [4.78, 5) is 9.76. The van der Waals surface area contributed by atoms with Crippen molar-refractivity contribution >= 4 is 21.4 Å². The third-order valence-corrected chi connectivity index (χ3v) is 4.40. The number of nitrogens with two attached hydrogens (primary N) is 1. The molecule has 0 bridgehead atoms. The molecule has 0 aliphatic heterocycles. The molecule has 0 saturated carbocycles. The van der Waals surface area contributed by atoms with Crippen LogP contribution in [0.25, 0.3) is 0 Å². The van der Waals surface area contributed by atoms with E-state index in [0.29, 0.717) is 0 Å². The summed E-state index contributed by atoms with van der Waals surface area (Å²) >= 11 is 0. The van der Waals surface area contributed by atoms with E-state index < -0.39 is 31.6 Å². The highest BCUT2D eigenvalue weighted by molar-refractivity contribution is 7.89. The molecule has 0 spiro atoms. The first kappa shape index (κ1) is 16.3. The van der Waals surface area contributed by atoms with Crippen LogP contribution in [0.1, 0.15) is 6.92 Å². The summed E-state index contributed by atoms with van der Waals surface area (Å²) in [6, 6.07) is 3.75. The van der Waals surface area contributed by atoms with Gasteiger partial charge in [0.15, 0.2) is 4.90 Å². The van der Waals surface area contributed by atoms with Gasteiger partial charge < -0.3 is 10.5 Å². The van der Waals surface area contributed by atoms with Gasteiger partial charge in [0.2, 0.25) is 10.0 Å². The summed E-state index contributed by atoms with van der Waals surface area (Å²) in [6.45, 7) is 1.23. The summed E-state index contributed by atoms with van der Waals surface area (Å²) in [6.07, 6.45) is -0.898. The van der Waals surface area contributed by atoms with Crippen molar-refractivity contribution in [3.63, 3.8) is 0 Å². The first-order valence-electron chi connectivity index (χ1n) is 5.60. The number of benzene rings is 1. The van der Waals surface area contributed by atoms with Gasteiger partial charge in [-0.2, -0.15) is 4.31 Å². The smallest absolute Gasteiger partial charge is 0.313 e. The monoisotopic (exact) mass is 304 g/mol. The van der Waals surface area contributed by atoms with E-state index in [-0.39, 0.29) is 12.2 Å². The van der Waals surface area contributed by atoms with E-state index in [1.54, 1.807) is 0 Å². The second-order valence-electron chi connectivity index (χ2n) is 4.19. The lowest BCUT2D eigenvalue weighted by Gasteiger charge is -2.19. The summed E-state index contributed by atoms with van der Waals surface area (Å²) in [5, 5.41) is 20.3. The molecule has 4 N–H and O–H groups in total. The Morgan fingerprint density at radius 3 is 2.60 bits per heavy atom. The van der Waals surface area contributed by atoms with Gasteiger partial charge in [-0.3, -0.25) is 16.0 Å². The zero-order valence-corrected chi connectivity index (χ0v) is 11.8. The summed E-state index contributed by atoms with van der Waals surface area (Å²) < 4.78 is 25.5. The number of nitrogen functional groups attached to an aromatic ring is 1. The molecule has 10 heteroatoms. The van der Waals surface area contributed by atoms with E-state index in [1.807, 2.05) is 0 Å². The van der Waals surface area contributed by atoms with Crippen LogP contribution in [0.15, 0.2) is 23.1 Å². The van der Waals surface area contributed by atoms with Crippen molar-refractivity contribution in [3.8, 4) is 0 Å². The number of sulfonamides is 1. The van der Waals surface area contributed by atoms with Crippen LogP contribution in [-0.4, -0.2) is 42.4 Å². The predicted octanol–water partition coefficient (Wildman–Crippen LogP) is -0.118. The average molecular weight is 304 g/mol. The van der Waals surface area contributed by atoms with Gasteiger partial charge in [-0.25, -0.2) is 8.42 Å². The Kier molecular flexibility index (Phi) is 5.00. The molecule has 112 valence electrons. The van der Waals surface area contributed by atoms with Crippen molar-refractivity contribution in [3.05, 3.63) is 28.3 Å². The molecular weight excluding hydrogens is 288 g/mol. The normalized spacial score (nSPS) is 13.2. The number of nitrogens with one attached hydrogen (secondary N) is 1. The lowest BCUT2D eigenvalue weighted by Crippen LogP contribution is -2.33. The van der Waals surface area contributed by atoms with E-state index in [4.69, 9.17) is 5.84 Å². The minimum Gasteiger partial charge on any atom is -0.392 e. The second-order valence-corrected chi connectivity index (χ2v) is 6.20. The van der Waals surface area contributed by atoms with Crippen molar-refractivity contribution in [1.82, 2.24) is 4.31 Å². The van der Waals surface area contributed by atoms with Gasteiger partial charge in [-0.1, -0.05) is 6.07 Å². The number of anilines is 1. The Balaban J connectivity index is 3.42. The molecule has 0 radical (unpaired) electrons. The second kappa shape index (κ2) is 6.13. The third kappa shape index (κ3) is 3.22. The number of likely N-dealkylation sites (N-methyl/N-ethyl adjacent to an activating group) is 1. The van der Waals surface area contributed by atoms with Crippen LogP contribution < -0.4 is 11.3 Å². The maximum absolute atomic E-state index is 12.3. The number of nitro groups is 1. The number of para-hydroxylation sites is 1. The molecule has 0 heterocycles. The molecule has 1 aromatic rings. The number of rotatable bonds is 6. The number of hydrogen-bond acceptors (Lipinski definition) is 7. The SMILES string of the molecule is CC(O)CN(C)S(=O)(=O)c1cccc(NN)c1[N+](=O)[O-]. The van der Waals surface area contributed by atoms with Crippen molar-refractivity contribution in [2.24, 2.45) is 5.84 Å². The molecule has 0 amide bonds. The highest BCUT2D eigenvalue weighted by atomic mass is 32.2. The maximum atomic E-state index is 12.3. The van der Waals surface area contributed by atoms with Crippen LogP contribution >= 0.6 is 0 Å². The molecule has 0 aromatic heterocycles. The summed E-state index contributed by atoms with van der Waals surface area (Å²) in [5.74, 6) is 5.15. The molecule has 9 nitrogen and oxygen atoms in total. The van der Waals surface area contributed by atoms with Crippen LogP contribution in [0.4, 0.5) is 11.4 Å². The number of hydrogen-bond donors (Lipinski definition) is 3. The standard InChI is InChI=1S/C10H16N4O5S/c1-7(15)6-13(2)20(18,19)9-5-3-4-8(12-11)10(9)14(16)17/h3-5,7,12,15H,6,11H2,1-2H3. The fourth-order valence-electron chi connectivity index (χ4n) is 1.67. The van der Waals surface area contributed by atoms with E-state index in [0.717, 1.165) is 10.4 Å². The highest BCUT2D eigenvalue weighted by Gasteiger charge is 2.32. The molecule has 1 aromatic carbocycles. The average Bonchev–Trinajstić information content (AvgIpc) is 2.36. The largest absolute Gasteiger partial charge is 0.392 e. The molecular formula is C10H16N4O5S. The van der Waals surface area contributed by atoms with Crippen molar-refractivity contribution in [1.29, 1.82) is 0 Å². The van der Waals surface area contributed by atoms with Gasteiger partial charge >= 0.3 is 5.69 Å². The van der Waals surface area contributed by atoms with E-state index in [9.17, 15) is 23.6 Å². The molecule has 0 saturated heterocycles. The minimum atomic E-state index is -4.11. The quantitative estimate of drug-likeness (QED) is 0.378. The summed E-state index contributed by atoms with van der Waals surface area (Å²) in [7, 11) is -2.88. The number of aliphatic hydroxyl groups excluding tert-OH is 1. The van der Waals surface area contributed by atoms with Gasteiger partial charge in [0.25, 0.3) is 0 Å². The molecule has 1 atom stereocenters. The lowest BCUT2D eigenvalue weighted by atomic mass is 10.3. The first-order valence-corrected chi connectivity index (χ1v) is 7.04. The highest BCUT2D eigenvalue weighted by Crippen LogP contribution is 2.32. The number of hydrazine groups is 1. The fourth-order valence-corrected chi connectivity index (χ4v) is 3.10. The molecule has 0 aliphatic rings. The van der Waals surface area contributed by atoms with Crippen molar-refractivity contribution in [2.45, 2.75) is 17.9 Å². The number of aliphatic hydroxyl groups is 1. The van der Waals surface area contributed by atoms with Gasteiger partial charge in [0, 0.05) is 13.6 Å². The van der Waals surface area contributed by atoms with Crippen LogP contribution in [0.3, 0.4) is 0 Å². The molecule has 1 rings (SSSR count). The van der Waals surface area contributed by atoms with Gasteiger partial charge in [0.05, 0.1) is 11.0 Å². The Bertz CT molecular complexity index is 602. The van der Waals surface area contributed by atoms with E-state index in [1.165, 1.54) is 26.1 Å². The first-order chi connectivity index (χ1) is 9.21. The zero-order chi connectivity index (χ0) is 15.5. The Labute approximate surface area is 116 Å². The van der Waals surface area contributed by atoms with Crippen LogP contribution in [0, 0.1) is 10.1 Å². The van der Waals surface area contributed by atoms with Crippen LogP contribution in [-0.2, 0) is 10.0 Å². The summed E-state index contributed by atoms with van der Waals surface area (Å²) in [5.41, 5.74) is 1.35. The minimum absolute atomic E-state index is 0.110. The van der Waals surface area contributed by atoms with Gasteiger partial charge in [0.1, 0.15) is 5.69 Å². The Morgan fingerprint density at radius 2 is 2.15 bits per heavy atom. The Hall–Kier alpha value is -1.75. The van der Waals surface area contributed by atoms with Gasteiger partial charge in [-0.15, -0.1) is 0 Å². The van der Waals surface area contributed by atoms with Crippen LogP contribution in [0.5, 0.6) is 0 Å². The molecule has 0 fully saturated rings. The molecule has 20 heavy (non-hydrogen) atoms. The molecule has 0 aliphatic carbocycles. The Morgan fingerprint density at radius 1 is 1.55 bits per heavy atom.